The van der Waals surface area contributed by atoms with Crippen molar-refractivity contribution in [1.29, 1.82) is 0 Å². The topological polar surface area (TPSA) is 63.8 Å². The van der Waals surface area contributed by atoms with Gasteiger partial charge in [-0.15, -0.1) is 11.3 Å². The Balaban J connectivity index is 2.12. The molecule has 2 heterocycles. The summed E-state index contributed by atoms with van der Waals surface area (Å²) in [7, 11) is 0. The van der Waals surface area contributed by atoms with Crippen LogP contribution in [0.3, 0.4) is 0 Å². The molecule has 4 nitrogen and oxygen atoms in total. The molecule has 0 amide bonds. The summed E-state index contributed by atoms with van der Waals surface area (Å²) in [5.41, 5.74) is 5.37. The van der Waals surface area contributed by atoms with Gasteiger partial charge in [0.05, 0.1) is 11.1 Å². The van der Waals surface area contributed by atoms with Crippen molar-refractivity contribution in [3.8, 4) is 0 Å². The number of nitrogens with one attached hydrogen (secondary N) is 1. The first kappa shape index (κ1) is 13.6. The normalized spacial score (nSPS) is 11.0. The fourth-order valence-electron chi connectivity index (χ4n) is 1.90. The van der Waals surface area contributed by atoms with Gasteiger partial charge in [-0.3, -0.25) is 0 Å². The predicted octanol–water partition coefficient (Wildman–Crippen LogP) is 3.74. The maximum atomic E-state index is 13.7. The van der Waals surface area contributed by atoms with Gasteiger partial charge in [0.1, 0.15) is 10.6 Å². The van der Waals surface area contributed by atoms with Gasteiger partial charge in [0.25, 0.3) is 0 Å². The van der Waals surface area contributed by atoms with Gasteiger partial charge in [-0.2, -0.15) is 4.98 Å². The van der Waals surface area contributed by atoms with Gasteiger partial charge >= 0.3 is 0 Å². The van der Waals surface area contributed by atoms with Gasteiger partial charge in [0.2, 0.25) is 5.95 Å². The van der Waals surface area contributed by atoms with Crippen molar-refractivity contribution in [1.82, 2.24) is 9.97 Å². The minimum atomic E-state index is -1.54. The zero-order chi connectivity index (χ0) is 15.1. The molecular formula is C13H9F3N4S. The maximum Gasteiger partial charge on any atom is 0.223 e. The van der Waals surface area contributed by atoms with Crippen molar-refractivity contribution in [3.05, 3.63) is 40.5 Å². The number of fused-ring (bicyclic) bond motifs is 1. The van der Waals surface area contributed by atoms with E-state index in [0.717, 1.165) is 17.0 Å². The fourth-order valence-corrected chi connectivity index (χ4v) is 2.79. The molecule has 108 valence electrons. The van der Waals surface area contributed by atoms with E-state index in [4.69, 9.17) is 5.73 Å². The summed E-state index contributed by atoms with van der Waals surface area (Å²) in [6, 6.07) is 3.73. The number of halogens is 3. The summed E-state index contributed by atoms with van der Waals surface area (Å²) in [5.74, 6) is -3.86. The van der Waals surface area contributed by atoms with E-state index in [1.54, 1.807) is 6.07 Å². The van der Waals surface area contributed by atoms with Crippen LogP contribution in [0.4, 0.5) is 30.6 Å². The fraction of sp³-hybridized carbons (Fsp3) is 0.0769. The number of nitrogens with two attached hydrogens (primary N) is 1. The number of aromatic nitrogens is 2. The van der Waals surface area contributed by atoms with Crippen LogP contribution in [-0.2, 0) is 0 Å². The Bertz CT molecular complexity index is 847. The highest BCUT2D eigenvalue weighted by atomic mass is 32.1. The van der Waals surface area contributed by atoms with E-state index in [-0.39, 0.29) is 17.5 Å². The highest BCUT2D eigenvalue weighted by Crippen LogP contribution is 2.31. The average Bonchev–Trinajstić information content (AvgIpc) is 2.79. The first-order valence-corrected chi connectivity index (χ1v) is 6.71. The van der Waals surface area contributed by atoms with Crippen LogP contribution >= 0.6 is 11.3 Å². The molecule has 8 heteroatoms. The van der Waals surface area contributed by atoms with Crippen LogP contribution < -0.4 is 11.1 Å². The minimum absolute atomic E-state index is 0.00911. The molecule has 3 aromatic rings. The smallest absolute Gasteiger partial charge is 0.223 e. The lowest BCUT2D eigenvalue weighted by Crippen LogP contribution is -2.03. The van der Waals surface area contributed by atoms with Crippen LogP contribution in [0, 0.1) is 24.4 Å². The van der Waals surface area contributed by atoms with Gasteiger partial charge < -0.3 is 11.1 Å². The summed E-state index contributed by atoms with van der Waals surface area (Å²) in [4.78, 5) is 9.65. The molecule has 2 aromatic heterocycles. The number of anilines is 3. The lowest BCUT2D eigenvalue weighted by molar-refractivity contribution is 0.449. The van der Waals surface area contributed by atoms with E-state index in [1.807, 2.05) is 6.92 Å². The Labute approximate surface area is 121 Å². The van der Waals surface area contributed by atoms with Gasteiger partial charge in [0, 0.05) is 4.88 Å². The first-order chi connectivity index (χ1) is 9.95. The van der Waals surface area contributed by atoms with E-state index in [0.29, 0.717) is 10.2 Å². The summed E-state index contributed by atoms with van der Waals surface area (Å²) >= 11 is 1.40. The summed E-state index contributed by atoms with van der Waals surface area (Å²) < 4.78 is 39.9. The second kappa shape index (κ2) is 4.88. The molecule has 21 heavy (non-hydrogen) atoms. The Morgan fingerprint density at radius 2 is 1.90 bits per heavy atom. The second-order valence-electron chi connectivity index (χ2n) is 4.35. The standard InChI is InChI=1S/C13H9F3N4S/c1-5-4-6-11(19-13(17)20-12(6)21-5)18-8-3-2-7(14)9(15)10(8)16/h2-4H,1H3,(H3,17,18,19,20). The number of rotatable bonds is 2. The molecule has 0 aliphatic rings. The molecule has 0 radical (unpaired) electrons. The van der Waals surface area contributed by atoms with E-state index in [9.17, 15) is 13.2 Å². The quantitative estimate of drug-likeness (QED) is 0.708. The highest BCUT2D eigenvalue weighted by Gasteiger charge is 2.16. The van der Waals surface area contributed by atoms with E-state index < -0.39 is 17.5 Å². The van der Waals surface area contributed by atoms with Gasteiger partial charge in [-0.1, -0.05) is 0 Å². The summed E-state index contributed by atoms with van der Waals surface area (Å²) in [6.45, 7) is 1.88. The van der Waals surface area contributed by atoms with Crippen LogP contribution in [0.1, 0.15) is 4.88 Å². The zero-order valence-corrected chi connectivity index (χ0v) is 11.6. The van der Waals surface area contributed by atoms with Crippen molar-refractivity contribution in [2.75, 3.05) is 11.1 Å². The Hall–Kier alpha value is -2.35. The molecular weight excluding hydrogens is 301 g/mol. The number of aryl methyl sites for hydroxylation is 1. The number of nitrogens with zero attached hydrogens (tertiary/aromatic N) is 2. The summed E-state index contributed by atoms with van der Waals surface area (Å²) in [6.07, 6.45) is 0. The van der Waals surface area contributed by atoms with Crippen molar-refractivity contribution in [2.24, 2.45) is 0 Å². The zero-order valence-electron chi connectivity index (χ0n) is 10.7. The van der Waals surface area contributed by atoms with Crippen molar-refractivity contribution < 1.29 is 13.2 Å². The molecule has 0 atom stereocenters. The van der Waals surface area contributed by atoms with E-state index in [2.05, 4.69) is 15.3 Å². The molecule has 1 aromatic carbocycles. The maximum absolute atomic E-state index is 13.7. The molecule has 0 aliphatic carbocycles. The number of thiophene rings is 1. The van der Waals surface area contributed by atoms with Crippen LogP contribution in [-0.4, -0.2) is 9.97 Å². The third kappa shape index (κ3) is 2.38. The van der Waals surface area contributed by atoms with Crippen molar-refractivity contribution in [2.45, 2.75) is 6.92 Å². The average molecular weight is 310 g/mol. The number of benzene rings is 1. The Morgan fingerprint density at radius 1 is 1.14 bits per heavy atom. The second-order valence-corrected chi connectivity index (χ2v) is 5.59. The number of hydrogen-bond donors (Lipinski definition) is 2. The first-order valence-electron chi connectivity index (χ1n) is 5.90. The van der Waals surface area contributed by atoms with Crippen molar-refractivity contribution >= 4 is 39.0 Å². The monoisotopic (exact) mass is 310 g/mol. The Kier molecular flexibility index (Phi) is 3.17. The third-order valence-electron chi connectivity index (χ3n) is 2.82. The molecule has 0 unspecified atom stereocenters. The van der Waals surface area contributed by atoms with Crippen molar-refractivity contribution in [3.63, 3.8) is 0 Å². The Morgan fingerprint density at radius 3 is 2.67 bits per heavy atom. The highest BCUT2D eigenvalue weighted by molar-refractivity contribution is 7.18. The third-order valence-corrected chi connectivity index (χ3v) is 3.77. The number of nitrogen functional groups attached to an aromatic ring is 1. The van der Waals surface area contributed by atoms with Crippen LogP contribution in [0.5, 0.6) is 0 Å². The molecule has 0 saturated heterocycles. The van der Waals surface area contributed by atoms with E-state index >= 15 is 0 Å². The molecule has 3 rings (SSSR count). The van der Waals surface area contributed by atoms with Gasteiger partial charge in [0.15, 0.2) is 17.5 Å². The molecule has 3 N–H and O–H groups in total. The lowest BCUT2D eigenvalue weighted by Gasteiger charge is -2.09. The van der Waals surface area contributed by atoms with Crippen LogP contribution in [0.15, 0.2) is 18.2 Å². The van der Waals surface area contributed by atoms with Crippen LogP contribution in [0.2, 0.25) is 0 Å². The van der Waals surface area contributed by atoms with E-state index in [1.165, 1.54) is 11.3 Å². The lowest BCUT2D eigenvalue weighted by atomic mass is 10.2. The number of hydrogen-bond acceptors (Lipinski definition) is 5. The SMILES string of the molecule is Cc1cc2c(Nc3ccc(F)c(F)c3F)nc(N)nc2s1. The predicted molar refractivity (Wildman–Crippen MR) is 76.2 cm³/mol. The molecule has 0 fully saturated rings. The van der Waals surface area contributed by atoms with Gasteiger partial charge in [-0.25, -0.2) is 18.2 Å². The van der Waals surface area contributed by atoms with Gasteiger partial charge in [-0.05, 0) is 25.1 Å². The molecule has 0 saturated carbocycles. The minimum Gasteiger partial charge on any atom is -0.368 e. The molecule has 0 bridgehead atoms. The summed E-state index contributed by atoms with van der Waals surface area (Å²) in [5, 5.41) is 3.27. The largest absolute Gasteiger partial charge is 0.368 e. The van der Waals surface area contributed by atoms with Crippen LogP contribution in [0.25, 0.3) is 10.2 Å². The molecule has 0 spiro atoms. The molecule has 0 aliphatic heterocycles.